The van der Waals surface area contributed by atoms with Crippen LogP contribution in [0, 0.1) is 11.8 Å². The van der Waals surface area contributed by atoms with Crippen molar-refractivity contribution in [1.82, 2.24) is 20.2 Å². The van der Waals surface area contributed by atoms with Crippen LogP contribution in [0.2, 0.25) is 0 Å². The van der Waals surface area contributed by atoms with E-state index in [0.717, 1.165) is 60.9 Å². The van der Waals surface area contributed by atoms with E-state index in [1.807, 2.05) is 56.6 Å². The first-order valence-corrected chi connectivity index (χ1v) is 12.2. The molecule has 0 atom stereocenters. The van der Waals surface area contributed by atoms with E-state index in [-0.39, 0.29) is 5.91 Å². The van der Waals surface area contributed by atoms with Gasteiger partial charge in [-0.05, 0) is 76.4 Å². The molecule has 3 aromatic rings. The van der Waals surface area contributed by atoms with E-state index < -0.39 is 0 Å². The molecule has 4 rings (SSSR count). The Morgan fingerprint density at radius 2 is 1.88 bits per heavy atom. The molecule has 0 saturated heterocycles. The first-order chi connectivity index (χ1) is 16.5. The summed E-state index contributed by atoms with van der Waals surface area (Å²) in [5.74, 6) is 1.67. The Bertz CT molecular complexity index is 1090. The highest BCUT2D eigenvalue weighted by molar-refractivity contribution is 6.07. The van der Waals surface area contributed by atoms with Gasteiger partial charge in [0, 0.05) is 36.3 Å². The first kappa shape index (κ1) is 24.1. The lowest BCUT2D eigenvalue weighted by atomic mass is 9.82. The largest absolute Gasteiger partial charge is 0.476 e. The van der Waals surface area contributed by atoms with Crippen molar-refractivity contribution < 1.29 is 9.53 Å². The summed E-state index contributed by atoms with van der Waals surface area (Å²) in [5.41, 5.74) is 8.82. The molecule has 0 bridgehead atoms. The molecule has 7 heteroatoms. The van der Waals surface area contributed by atoms with Crippen LogP contribution in [0.15, 0.2) is 48.7 Å². The van der Waals surface area contributed by atoms with Gasteiger partial charge in [-0.2, -0.15) is 0 Å². The van der Waals surface area contributed by atoms with Gasteiger partial charge in [0.1, 0.15) is 6.61 Å². The molecule has 7 nitrogen and oxygen atoms in total. The standard InChI is InChI=1S/C27H35N5O2/c1-32(2)13-14-34-26-12-11-21(18-29-26)25-15-23(22-5-3-4-6-24(22)31-25)27(33)30-17-20-9-7-19(16-28)8-10-20/h3-6,11-12,15,18-20H,7-10,13-14,16-17,28H2,1-2H3,(H,30,33). The molecule has 1 aromatic carbocycles. The van der Waals surface area contributed by atoms with Crippen molar-refractivity contribution in [3.8, 4) is 17.1 Å². The van der Waals surface area contributed by atoms with Crippen molar-refractivity contribution in [2.75, 3.05) is 40.3 Å². The van der Waals surface area contributed by atoms with Gasteiger partial charge in [0.2, 0.25) is 5.88 Å². The maximum atomic E-state index is 13.2. The number of carbonyl (C=O) groups is 1. The number of hydrogen-bond donors (Lipinski definition) is 2. The third-order valence-electron chi connectivity index (χ3n) is 6.63. The van der Waals surface area contributed by atoms with Crippen LogP contribution in [0.5, 0.6) is 5.88 Å². The van der Waals surface area contributed by atoms with E-state index in [4.69, 9.17) is 15.5 Å². The number of likely N-dealkylation sites (N-methyl/N-ethyl adjacent to an activating group) is 1. The van der Waals surface area contributed by atoms with Crippen molar-refractivity contribution in [1.29, 1.82) is 0 Å². The highest BCUT2D eigenvalue weighted by Gasteiger charge is 2.21. The van der Waals surface area contributed by atoms with E-state index in [1.54, 1.807) is 6.20 Å². The zero-order valence-corrected chi connectivity index (χ0v) is 20.2. The fourth-order valence-corrected chi connectivity index (χ4v) is 4.46. The molecule has 34 heavy (non-hydrogen) atoms. The van der Waals surface area contributed by atoms with Crippen LogP contribution in [0.4, 0.5) is 0 Å². The molecule has 1 aliphatic rings. The minimum Gasteiger partial charge on any atom is -0.476 e. The molecule has 1 amide bonds. The fraction of sp³-hybridized carbons (Fsp3) is 0.444. The average Bonchev–Trinajstić information content (AvgIpc) is 2.87. The van der Waals surface area contributed by atoms with Gasteiger partial charge in [0.15, 0.2) is 0 Å². The normalized spacial score (nSPS) is 18.2. The summed E-state index contributed by atoms with van der Waals surface area (Å²) in [6.45, 7) is 2.86. The quantitative estimate of drug-likeness (QED) is 0.504. The number of pyridine rings is 2. The number of nitrogens with two attached hydrogens (primary N) is 1. The van der Waals surface area contributed by atoms with Gasteiger partial charge >= 0.3 is 0 Å². The lowest BCUT2D eigenvalue weighted by Gasteiger charge is -2.27. The van der Waals surface area contributed by atoms with Crippen LogP contribution in [-0.2, 0) is 0 Å². The van der Waals surface area contributed by atoms with Crippen LogP contribution >= 0.6 is 0 Å². The van der Waals surface area contributed by atoms with Gasteiger partial charge in [-0.15, -0.1) is 0 Å². The summed E-state index contributed by atoms with van der Waals surface area (Å²) in [7, 11) is 4.01. The Morgan fingerprint density at radius 3 is 2.59 bits per heavy atom. The second kappa shape index (κ2) is 11.4. The molecule has 1 saturated carbocycles. The van der Waals surface area contributed by atoms with Gasteiger partial charge in [-0.3, -0.25) is 4.79 Å². The number of ether oxygens (including phenoxy) is 1. The van der Waals surface area contributed by atoms with E-state index in [2.05, 4.69) is 15.2 Å². The Morgan fingerprint density at radius 1 is 1.12 bits per heavy atom. The summed E-state index contributed by atoms with van der Waals surface area (Å²) < 4.78 is 5.70. The van der Waals surface area contributed by atoms with Gasteiger partial charge < -0.3 is 20.7 Å². The predicted molar refractivity (Wildman–Crippen MR) is 136 cm³/mol. The maximum absolute atomic E-state index is 13.2. The molecule has 180 valence electrons. The number of nitrogens with zero attached hydrogens (tertiary/aromatic N) is 3. The third-order valence-corrected chi connectivity index (χ3v) is 6.63. The molecular weight excluding hydrogens is 426 g/mol. The van der Waals surface area contributed by atoms with Crippen molar-refractivity contribution >= 4 is 16.8 Å². The van der Waals surface area contributed by atoms with Crippen molar-refractivity contribution in [2.24, 2.45) is 17.6 Å². The Hall–Kier alpha value is -3.03. The van der Waals surface area contributed by atoms with Crippen LogP contribution in [0.1, 0.15) is 36.0 Å². The molecule has 2 aromatic heterocycles. The van der Waals surface area contributed by atoms with Crippen molar-refractivity contribution in [3.05, 3.63) is 54.2 Å². The van der Waals surface area contributed by atoms with Crippen molar-refractivity contribution in [2.45, 2.75) is 25.7 Å². The Balaban J connectivity index is 1.49. The highest BCUT2D eigenvalue weighted by atomic mass is 16.5. The third kappa shape index (κ3) is 6.10. The van der Waals surface area contributed by atoms with E-state index in [9.17, 15) is 4.79 Å². The molecule has 0 unspecified atom stereocenters. The molecule has 1 fully saturated rings. The minimum absolute atomic E-state index is 0.0580. The number of hydrogen-bond acceptors (Lipinski definition) is 6. The Kier molecular flexibility index (Phi) is 8.08. The number of rotatable bonds is 9. The highest BCUT2D eigenvalue weighted by Crippen LogP contribution is 2.28. The topological polar surface area (TPSA) is 93.4 Å². The summed E-state index contributed by atoms with van der Waals surface area (Å²) in [6.07, 6.45) is 6.31. The fourth-order valence-electron chi connectivity index (χ4n) is 4.46. The zero-order chi connectivity index (χ0) is 23.9. The smallest absolute Gasteiger partial charge is 0.252 e. The molecule has 0 aliphatic heterocycles. The number of aromatic nitrogens is 2. The number of benzene rings is 1. The minimum atomic E-state index is -0.0580. The first-order valence-electron chi connectivity index (χ1n) is 12.2. The summed E-state index contributed by atoms with van der Waals surface area (Å²) in [5, 5.41) is 4.03. The van der Waals surface area contributed by atoms with Crippen LogP contribution < -0.4 is 15.8 Å². The average molecular weight is 462 g/mol. The Labute approximate surface area is 201 Å². The van der Waals surface area contributed by atoms with Crippen LogP contribution in [0.25, 0.3) is 22.2 Å². The van der Waals surface area contributed by atoms with Crippen molar-refractivity contribution in [3.63, 3.8) is 0 Å². The number of fused-ring (bicyclic) bond motifs is 1. The second-order valence-electron chi connectivity index (χ2n) is 9.44. The SMILES string of the molecule is CN(C)CCOc1ccc(-c2cc(C(=O)NCC3CCC(CN)CC3)c3ccccc3n2)cn1. The zero-order valence-electron chi connectivity index (χ0n) is 20.2. The lowest BCUT2D eigenvalue weighted by molar-refractivity contribution is 0.0943. The van der Waals surface area contributed by atoms with Gasteiger partial charge in [0.25, 0.3) is 5.91 Å². The molecule has 0 radical (unpaired) electrons. The van der Waals surface area contributed by atoms with Crippen LogP contribution in [-0.4, -0.2) is 61.1 Å². The number of para-hydroxylation sites is 1. The monoisotopic (exact) mass is 461 g/mol. The molecule has 3 N–H and O–H groups in total. The second-order valence-corrected chi connectivity index (χ2v) is 9.44. The van der Waals surface area contributed by atoms with E-state index in [0.29, 0.717) is 36.4 Å². The van der Waals surface area contributed by atoms with E-state index in [1.165, 1.54) is 0 Å². The van der Waals surface area contributed by atoms with Gasteiger partial charge in [-0.25, -0.2) is 9.97 Å². The van der Waals surface area contributed by atoms with E-state index >= 15 is 0 Å². The van der Waals surface area contributed by atoms with Crippen LogP contribution in [0.3, 0.4) is 0 Å². The lowest BCUT2D eigenvalue weighted by Crippen LogP contribution is -2.32. The van der Waals surface area contributed by atoms with Gasteiger partial charge in [-0.1, -0.05) is 18.2 Å². The summed E-state index contributed by atoms with van der Waals surface area (Å²) in [6, 6.07) is 13.4. The molecular formula is C27H35N5O2. The molecule has 0 spiro atoms. The number of amides is 1. The molecule has 1 aliphatic carbocycles. The molecule has 2 heterocycles. The summed E-state index contributed by atoms with van der Waals surface area (Å²) in [4.78, 5) is 24.5. The maximum Gasteiger partial charge on any atom is 0.252 e. The number of nitrogens with one attached hydrogen (secondary N) is 1. The summed E-state index contributed by atoms with van der Waals surface area (Å²) >= 11 is 0. The van der Waals surface area contributed by atoms with Gasteiger partial charge in [0.05, 0.1) is 16.8 Å². The predicted octanol–water partition coefficient (Wildman–Crippen LogP) is 3.73. The number of carbonyl (C=O) groups excluding carboxylic acids is 1.